The summed E-state index contributed by atoms with van der Waals surface area (Å²) < 4.78 is 25.1. The standard InChI is InChI=1S/C24H30N4O4S/c1-4-29-20-13-18(14-21(30-5-2)22(20)31-6-3)23-26-28(24(33)32-23)16-27-12-8-10-19(27)17-9-7-11-25-15-17/h7,9,11,13-15,19H,4-6,8,10,12,16H2,1-3H3. The molecule has 0 spiro atoms. The van der Waals surface area contributed by atoms with E-state index in [-0.39, 0.29) is 0 Å². The molecule has 0 N–H and O–H groups in total. The Morgan fingerprint density at radius 1 is 1.09 bits per heavy atom. The number of likely N-dealkylation sites (tertiary alicyclic amines) is 1. The Bertz CT molecular complexity index is 1090. The summed E-state index contributed by atoms with van der Waals surface area (Å²) in [6.07, 6.45) is 5.93. The highest BCUT2D eigenvalue weighted by atomic mass is 32.1. The fraction of sp³-hybridized carbons (Fsp3) is 0.458. The van der Waals surface area contributed by atoms with Crippen LogP contribution in [0.3, 0.4) is 0 Å². The van der Waals surface area contributed by atoms with E-state index in [0.29, 0.717) is 60.5 Å². The Labute approximate surface area is 199 Å². The molecule has 176 valence electrons. The van der Waals surface area contributed by atoms with Gasteiger partial charge < -0.3 is 18.6 Å². The summed E-state index contributed by atoms with van der Waals surface area (Å²) in [6.45, 7) is 8.80. The van der Waals surface area contributed by atoms with Crippen LogP contribution in [0.15, 0.2) is 41.1 Å². The smallest absolute Gasteiger partial charge is 0.288 e. The van der Waals surface area contributed by atoms with Gasteiger partial charge in [-0.25, -0.2) is 4.68 Å². The van der Waals surface area contributed by atoms with E-state index in [9.17, 15) is 0 Å². The van der Waals surface area contributed by atoms with E-state index in [1.54, 1.807) is 10.9 Å². The lowest BCUT2D eigenvalue weighted by Crippen LogP contribution is -2.26. The van der Waals surface area contributed by atoms with Crippen LogP contribution in [0, 0.1) is 4.84 Å². The van der Waals surface area contributed by atoms with Crippen molar-refractivity contribution in [1.82, 2.24) is 19.7 Å². The van der Waals surface area contributed by atoms with E-state index < -0.39 is 0 Å². The van der Waals surface area contributed by atoms with Crippen molar-refractivity contribution in [2.45, 2.75) is 46.3 Å². The second-order valence-electron chi connectivity index (χ2n) is 7.67. The highest BCUT2D eigenvalue weighted by molar-refractivity contribution is 7.71. The molecule has 0 aliphatic carbocycles. The van der Waals surface area contributed by atoms with Crippen molar-refractivity contribution in [3.63, 3.8) is 0 Å². The Morgan fingerprint density at radius 3 is 2.45 bits per heavy atom. The normalized spacial score (nSPS) is 16.2. The van der Waals surface area contributed by atoms with Gasteiger partial charge in [-0.1, -0.05) is 6.07 Å². The molecule has 2 aromatic heterocycles. The summed E-state index contributed by atoms with van der Waals surface area (Å²) in [6, 6.07) is 8.10. The first-order valence-corrected chi connectivity index (χ1v) is 11.8. The monoisotopic (exact) mass is 470 g/mol. The molecule has 1 saturated heterocycles. The zero-order valence-corrected chi connectivity index (χ0v) is 20.1. The number of aromatic nitrogens is 3. The van der Waals surface area contributed by atoms with Crippen LogP contribution < -0.4 is 14.2 Å². The summed E-state index contributed by atoms with van der Waals surface area (Å²) in [5.74, 6) is 2.18. The Hall–Kier alpha value is -2.91. The van der Waals surface area contributed by atoms with E-state index in [1.807, 2.05) is 45.2 Å². The van der Waals surface area contributed by atoms with Crippen molar-refractivity contribution in [2.24, 2.45) is 0 Å². The molecule has 1 aliphatic heterocycles. The topological polar surface area (TPSA) is 74.8 Å². The molecule has 1 unspecified atom stereocenters. The molecule has 1 aliphatic rings. The van der Waals surface area contributed by atoms with Crippen LogP contribution in [0.25, 0.3) is 11.5 Å². The minimum atomic E-state index is 0.292. The van der Waals surface area contributed by atoms with Gasteiger partial charge in [-0.15, -0.1) is 5.10 Å². The first-order valence-electron chi connectivity index (χ1n) is 11.4. The predicted octanol–water partition coefficient (Wildman–Crippen LogP) is 5.26. The maximum absolute atomic E-state index is 5.89. The third-order valence-corrected chi connectivity index (χ3v) is 5.80. The lowest BCUT2D eigenvalue weighted by atomic mass is 10.1. The van der Waals surface area contributed by atoms with Gasteiger partial charge in [-0.2, -0.15) is 0 Å². The molecule has 0 radical (unpaired) electrons. The third kappa shape index (κ3) is 5.20. The van der Waals surface area contributed by atoms with Gasteiger partial charge in [0.15, 0.2) is 11.5 Å². The lowest BCUT2D eigenvalue weighted by Gasteiger charge is -2.23. The van der Waals surface area contributed by atoms with E-state index in [1.165, 1.54) is 5.56 Å². The zero-order valence-electron chi connectivity index (χ0n) is 19.3. The van der Waals surface area contributed by atoms with Crippen molar-refractivity contribution in [3.8, 4) is 28.7 Å². The lowest BCUT2D eigenvalue weighted by molar-refractivity contribution is 0.187. The quantitative estimate of drug-likeness (QED) is 0.372. The van der Waals surface area contributed by atoms with Crippen LogP contribution in [0.1, 0.15) is 45.2 Å². The van der Waals surface area contributed by atoms with Gasteiger partial charge in [-0.05, 0) is 69.6 Å². The average Bonchev–Trinajstić information content (AvgIpc) is 3.43. The molecule has 3 heterocycles. The number of hydrogen-bond donors (Lipinski definition) is 0. The molecule has 0 bridgehead atoms. The Balaban J connectivity index is 1.63. The highest BCUT2D eigenvalue weighted by Crippen LogP contribution is 2.42. The molecule has 8 nitrogen and oxygen atoms in total. The summed E-state index contributed by atoms with van der Waals surface area (Å²) in [4.78, 5) is 6.96. The van der Waals surface area contributed by atoms with Crippen LogP contribution in [0.5, 0.6) is 17.2 Å². The summed E-state index contributed by atoms with van der Waals surface area (Å²) in [5, 5.41) is 4.69. The second kappa shape index (κ2) is 10.8. The minimum Gasteiger partial charge on any atom is -0.490 e. The summed E-state index contributed by atoms with van der Waals surface area (Å²) >= 11 is 5.51. The van der Waals surface area contributed by atoms with Gasteiger partial charge in [0.1, 0.15) is 0 Å². The number of rotatable bonds is 10. The number of hydrogen-bond acceptors (Lipinski definition) is 8. The highest BCUT2D eigenvalue weighted by Gasteiger charge is 2.27. The average molecular weight is 471 g/mol. The molecule has 0 amide bonds. The number of nitrogens with zero attached hydrogens (tertiary/aromatic N) is 4. The molecule has 1 atom stereocenters. The Kier molecular flexibility index (Phi) is 7.61. The molecule has 0 saturated carbocycles. The van der Waals surface area contributed by atoms with Crippen molar-refractivity contribution in [1.29, 1.82) is 0 Å². The first kappa shape index (κ1) is 23.3. The molecular weight excluding hydrogens is 440 g/mol. The van der Waals surface area contributed by atoms with Crippen LogP contribution in [-0.4, -0.2) is 46.0 Å². The summed E-state index contributed by atoms with van der Waals surface area (Å²) in [5.41, 5.74) is 1.93. The minimum absolute atomic E-state index is 0.292. The fourth-order valence-electron chi connectivity index (χ4n) is 4.14. The van der Waals surface area contributed by atoms with Crippen LogP contribution >= 0.6 is 12.2 Å². The molecule has 1 fully saturated rings. The largest absolute Gasteiger partial charge is 0.490 e. The molecule has 33 heavy (non-hydrogen) atoms. The van der Waals surface area contributed by atoms with Gasteiger partial charge in [0.2, 0.25) is 11.6 Å². The maximum Gasteiger partial charge on any atom is 0.288 e. The molecule has 9 heteroatoms. The number of benzene rings is 1. The third-order valence-electron chi connectivity index (χ3n) is 5.51. The molecule has 4 rings (SSSR count). The number of ether oxygens (including phenoxy) is 3. The Morgan fingerprint density at radius 2 is 1.82 bits per heavy atom. The fourth-order valence-corrected chi connectivity index (χ4v) is 4.32. The zero-order chi connectivity index (χ0) is 23.2. The van der Waals surface area contributed by atoms with E-state index in [0.717, 1.165) is 24.9 Å². The van der Waals surface area contributed by atoms with Gasteiger partial charge >= 0.3 is 0 Å². The predicted molar refractivity (Wildman–Crippen MR) is 127 cm³/mol. The maximum atomic E-state index is 5.89. The number of pyridine rings is 1. The first-order chi connectivity index (χ1) is 16.1. The summed E-state index contributed by atoms with van der Waals surface area (Å²) in [7, 11) is 0. The second-order valence-corrected chi connectivity index (χ2v) is 8.02. The van der Waals surface area contributed by atoms with Gasteiger partial charge in [0.05, 0.1) is 26.5 Å². The molecule has 3 aromatic rings. The van der Waals surface area contributed by atoms with Crippen LogP contribution in [0.4, 0.5) is 0 Å². The molecule has 1 aromatic carbocycles. The van der Waals surface area contributed by atoms with Crippen molar-refractivity contribution < 1.29 is 18.6 Å². The van der Waals surface area contributed by atoms with Gasteiger partial charge in [-0.3, -0.25) is 9.88 Å². The van der Waals surface area contributed by atoms with Crippen molar-refractivity contribution >= 4 is 12.2 Å². The van der Waals surface area contributed by atoms with Gasteiger partial charge in [0, 0.05) is 30.5 Å². The van der Waals surface area contributed by atoms with Crippen molar-refractivity contribution in [3.05, 3.63) is 47.1 Å². The van der Waals surface area contributed by atoms with E-state index in [4.69, 9.17) is 30.8 Å². The van der Waals surface area contributed by atoms with Crippen LogP contribution in [-0.2, 0) is 6.67 Å². The van der Waals surface area contributed by atoms with Crippen LogP contribution in [0.2, 0.25) is 0 Å². The van der Waals surface area contributed by atoms with E-state index in [2.05, 4.69) is 21.0 Å². The SMILES string of the molecule is CCOc1cc(-c2nn(CN3CCCC3c3cccnc3)c(=S)o2)cc(OCC)c1OCC. The van der Waals surface area contributed by atoms with E-state index >= 15 is 0 Å². The molecular formula is C24H30N4O4S. The van der Waals surface area contributed by atoms with Gasteiger partial charge in [0.25, 0.3) is 4.84 Å². The van der Waals surface area contributed by atoms with Crippen molar-refractivity contribution in [2.75, 3.05) is 26.4 Å².